The van der Waals surface area contributed by atoms with E-state index in [4.69, 9.17) is 16.3 Å². The van der Waals surface area contributed by atoms with Gasteiger partial charge in [0.05, 0.1) is 16.1 Å². The molecule has 0 saturated heterocycles. The molecule has 7 nitrogen and oxygen atoms in total. The number of nitrogens with one attached hydrogen (secondary N) is 2. The number of ether oxygens (including phenoxy) is 1. The van der Waals surface area contributed by atoms with Crippen molar-refractivity contribution in [3.05, 3.63) is 86.6 Å². The molecule has 0 aliphatic rings. The van der Waals surface area contributed by atoms with Crippen LogP contribution in [0.3, 0.4) is 0 Å². The van der Waals surface area contributed by atoms with Crippen LogP contribution in [0.5, 0.6) is 0 Å². The molecule has 1 aromatic heterocycles. The van der Waals surface area contributed by atoms with Crippen LogP contribution in [-0.2, 0) is 16.0 Å². The third-order valence-electron chi connectivity index (χ3n) is 4.52. The van der Waals surface area contributed by atoms with Crippen molar-refractivity contribution >= 4 is 52.2 Å². The molecular weight excluding hydrogens is 464 g/mol. The summed E-state index contributed by atoms with van der Waals surface area (Å²) >= 11 is 7.14. The first kappa shape index (κ1) is 24.2. The van der Waals surface area contributed by atoms with E-state index in [0.29, 0.717) is 28.4 Å². The maximum Gasteiger partial charge on any atom is 0.340 e. The van der Waals surface area contributed by atoms with E-state index in [0.717, 1.165) is 4.88 Å². The molecule has 0 unspecified atom stereocenters. The Kier molecular flexibility index (Phi) is 8.34. The van der Waals surface area contributed by atoms with E-state index in [1.54, 1.807) is 48.5 Å². The highest BCUT2D eigenvalue weighted by Crippen LogP contribution is 2.20. The fourth-order valence-electron chi connectivity index (χ4n) is 2.87. The predicted octanol–water partition coefficient (Wildman–Crippen LogP) is 4.37. The van der Waals surface area contributed by atoms with Gasteiger partial charge in [-0.05, 0) is 55.0 Å². The van der Waals surface area contributed by atoms with E-state index >= 15 is 0 Å². The number of hydrogen-bond donors (Lipinski definition) is 2. The minimum atomic E-state index is -0.724. The lowest BCUT2D eigenvalue weighted by Crippen LogP contribution is -2.22. The molecule has 0 saturated carbocycles. The smallest absolute Gasteiger partial charge is 0.340 e. The van der Waals surface area contributed by atoms with E-state index in [1.165, 1.54) is 24.3 Å². The number of carbonyl (C=O) groups excluding carboxylic acids is 4. The highest BCUT2D eigenvalue weighted by molar-refractivity contribution is 7.14. The molecule has 2 aromatic carbocycles. The van der Waals surface area contributed by atoms with Crippen molar-refractivity contribution in [2.75, 3.05) is 18.5 Å². The second kappa shape index (κ2) is 11.4. The number of hydrogen-bond acceptors (Lipinski definition) is 6. The van der Waals surface area contributed by atoms with Crippen LogP contribution in [0.1, 0.15) is 42.2 Å². The standard InChI is InChI=1S/C24H21ClN2O5S/c1-15(28)26-13-12-18-10-11-22(33-18)21(29)14-32-24(31)19-4-2-3-5-20(19)27-23(30)16-6-8-17(25)9-7-16/h2-11H,12-14H2,1H3,(H,26,28)(H,27,30). The summed E-state index contributed by atoms with van der Waals surface area (Å²) in [7, 11) is 0. The lowest BCUT2D eigenvalue weighted by molar-refractivity contribution is -0.118. The summed E-state index contributed by atoms with van der Waals surface area (Å²) in [6.45, 7) is 1.50. The quantitative estimate of drug-likeness (QED) is 0.347. The van der Waals surface area contributed by atoms with Gasteiger partial charge in [-0.15, -0.1) is 11.3 Å². The fourth-order valence-corrected chi connectivity index (χ4v) is 3.93. The number of halogens is 1. The monoisotopic (exact) mass is 484 g/mol. The molecule has 3 aromatic rings. The normalized spacial score (nSPS) is 10.4. The maximum absolute atomic E-state index is 12.6. The van der Waals surface area contributed by atoms with E-state index in [9.17, 15) is 19.2 Å². The zero-order valence-corrected chi connectivity index (χ0v) is 19.3. The van der Waals surface area contributed by atoms with Crippen LogP contribution in [0.4, 0.5) is 5.69 Å². The molecule has 9 heteroatoms. The zero-order valence-electron chi connectivity index (χ0n) is 17.7. The zero-order chi connectivity index (χ0) is 23.8. The maximum atomic E-state index is 12.6. The Balaban J connectivity index is 1.59. The Morgan fingerprint density at radius 1 is 0.970 bits per heavy atom. The lowest BCUT2D eigenvalue weighted by atomic mass is 10.1. The number of para-hydroxylation sites is 1. The van der Waals surface area contributed by atoms with Gasteiger partial charge in [0.2, 0.25) is 11.7 Å². The van der Waals surface area contributed by atoms with Gasteiger partial charge in [0.15, 0.2) is 6.61 Å². The van der Waals surface area contributed by atoms with Gasteiger partial charge in [-0.1, -0.05) is 23.7 Å². The van der Waals surface area contributed by atoms with Gasteiger partial charge < -0.3 is 15.4 Å². The molecule has 33 heavy (non-hydrogen) atoms. The molecule has 1 heterocycles. The van der Waals surface area contributed by atoms with Gasteiger partial charge in [-0.2, -0.15) is 0 Å². The number of amides is 2. The fraction of sp³-hybridized carbons (Fsp3) is 0.167. The lowest BCUT2D eigenvalue weighted by Gasteiger charge is -2.11. The Morgan fingerprint density at radius 2 is 1.70 bits per heavy atom. The van der Waals surface area contributed by atoms with Gasteiger partial charge in [0.1, 0.15) is 0 Å². The van der Waals surface area contributed by atoms with Crippen molar-refractivity contribution < 1.29 is 23.9 Å². The topological polar surface area (TPSA) is 102 Å². The van der Waals surface area contributed by atoms with Crippen LogP contribution in [0.25, 0.3) is 0 Å². The summed E-state index contributed by atoms with van der Waals surface area (Å²) in [4.78, 5) is 49.9. The number of anilines is 1. The van der Waals surface area contributed by atoms with Crippen LogP contribution < -0.4 is 10.6 Å². The van der Waals surface area contributed by atoms with Crippen molar-refractivity contribution in [3.8, 4) is 0 Å². The molecule has 0 fully saturated rings. The van der Waals surface area contributed by atoms with Crippen LogP contribution >= 0.6 is 22.9 Å². The summed E-state index contributed by atoms with van der Waals surface area (Å²) in [6, 6.07) is 16.2. The Bertz CT molecular complexity index is 1170. The Morgan fingerprint density at radius 3 is 2.42 bits per heavy atom. The highest BCUT2D eigenvalue weighted by Gasteiger charge is 2.18. The van der Waals surface area contributed by atoms with Crippen LogP contribution in [-0.4, -0.2) is 36.7 Å². The molecule has 2 N–H and O–H groups in total. The minimum Gasteiger partial charge on any atom is -0.454 e. The van der Waals surface area contributed by atoms with Crippen molar-refractivity contribution in [1.29, 1.82) is 0 Å². The van der Waals surface area contributed by atoms with Gasteiger partial charge in [-0.25, -0.2) is 4.79 Å². The average molecular weight is 485 g/mol. The molecule has 0 aliphatic carbocycles. The van der Waals surface area contributed by atoms with Crippen molar-refractivity contribution in [2.45, 2.75) is 13.3 Å². The number of benzene rings is 2. The molecule has 2 amide bonds. The second-order valence-corrected chi connectivity index (χ2v) is 8.61. The summed E-state index contributed by atoms with van der Waals surface area (Å²) < 4.78 is 5.20. The average Bonchev–Trinajstić information content (AvgIpc) is 3.27. The molecule has 0 atom stereocenters. The van der Waals surface area contributed by atoms with E-state index in [1.807, 2.05) is 6.07 Å². The van der Waals surface area contributed by atoms with Crippen LogP contribution in [0.15, 0.2) is 60.7 Å². The highest BCUT2D eigenvalue weighted by atomic mass is 35.5. The van der Waals surface area contributed by atoms with E-state index in [-0.39, 0.29) is 22.9 Å². The van der Waals surface area contributed by atoms with Crippen LogP contribution in [0.2, 0.25) is 5.02 Å². The first-order valence-corrected chi connectivity index (χ1v) is 11.2. The van der Waals surface area contributed by atoms with Gasteiger partial charge in [0.25, 0.3) is 5.91 Å². The first-order valence-electron chi connectivity index (χ1n) is 10.0. The molecule has 0 aliphatic heterocycles. The molecule has 170 valence electrons. The Labute approximate surface area is 199 Å². The third-order valence-corrected chi connectivity index (χ3v) is 5.96. The van der Waals surface area contributed by atoms with Gasteiger partial charge in [-0.3, -0.25) is 14.4 Å². The number of esters is 1. The van der Waals surface area contributed by atoms with Crippen LogP contribution in [0, 0.1) is 0 Å². The number of ketones is 1. The van der Waals surface area contributed by atoms with Gasteiger partial charge >= 0.3 is 5.97 Å². The third kappa shape index (κ3) is 7.00. The number of thiophene rings is 1. The minimum absolute atomic E-state index is 0.112. The SMILES string of the molecule is CC(=O)NCCc1ccc(C(=O)COC(=O)c2ccccc2NC(=O)c2ccc(Cl)cc2)s1. The van der Waals surface area contributed by atoms with Crippen molar-refractivity contribution in [1.82, 2.24) is 5.32 Å². The van der Waals surface area contributed by atoms with E-state index in [2.05, 4.69) is 10.6 Å². The first-order chi connectivity index (χ1) is 15.8. The summed E-state index contributed by atoms with van der Waals surface area (Å²) in [6.07, 6.45) is 0.609. The number of rotatable bonds is 9. The molecular formula is C24H21ClN2O5S. The largest absolute Gasteiger partial charge is 0.454 e. The molecule has 0 bridgehead atoms. The van der Waals surface area contributed by atoms with Crippen molar-refractivity contribution in [2.24, 2.45) is 0 Å². The Hall–Kier alpha value is -3.49. The summed E-state index contributed by atoms with van der Waals surface area (Å²) in [5.41, 5.74) is 0.783. The molecule has 0 radical (unpaired) electrons. The summed E-state index contributed by atoms with van der Waals surface area (Å²) in [5, 5.41) is 5.89. The van der Waals surface area contributed by atoms with Gasteiger partial charge in [0, 0.05) is 28.9 Å². The van der Waals surface area contributed by atoms with Crippen molar-refractivity contribution in [3.63, 3.8) is 0 Å². The second-order valence-electron chi connectivity index (χ2n) is 7.00. The summed E-state index contributed by atoms with van der Waals surface area (Å²) in [5.74, 6) is -1.58. The number of carbonyl (C=O) groups is 4. The van der Waals surface area contributed by atoms with E-state index < -0.39 is 18.5 Å². The number of Topliss-reactive ketones (excluding diaryl/α,β-unsaturated/α-hetero) is 1. The predicted molar refractivity (Wildman–Crippen MR) is 127 cm³/mol. The molecule has 0 spiro atoms. The molecule has 3 rings (SSSR count).